The Morgan fingerprint density at radius 2 is 1.91 bits per heavy atom. The molecule has 0 spiro atoms. The van der Waals surface area contributed by atoms with Gasteiger partial charge in [-0.1, -0.05) is 32.0 Å². The fraction of sp³-hybridized carbons (Fsp3) is 0.611. The second kappa shape index (κ2) is 8.31. The standard InChI is InChI=1S/C18H28N2O3/c1-3-18(4-2,17(21)22)14-19-13-15-7-5-6-8-16(15)20-9-11-23-12-10-20/h5-8,19H,3-4,9-14H2,1-2H3,(H,21,22). The lowest BCUT2D eigenvalue weighted by Gasteiger charge is -2.31. The van der Waals surface area contributed by atoms with E-state index in [2.05, 4.69) is 22.3 Å². The van der Waals surface area contributed by atoms with Crippen LogP contribution in [0.2, 0.25) is 0 Å². The summed E-state index contributed by atoms with van der Waals surface area (Å²) >= 11 is 0. The maximum Gasteiger partial charge on any atom is 0.310 e. The summed E-state index contributed by atoms with van der Waals surface area (Å²) in [4.78, 5) is 13.9. The third-order valence-corrected chi connectivity index (χ3v) is 4.93. The van der Waals surface area contributed by atoms with Crippen LogP contribution in [-0.4, -0.2) is 43.9 Å². The predicted octanol–water partition coefficient (Wildman–Crippen LogP) is 2.50. The lowest BCUT2D eigenvalue weighted by atomic mass is 9.82. The summed E-state index contributed by atoms with van der Waals surface area (Å²) in [5.74, 6) is -0.712. The first-order valence-electron chi connectivity index (χ1n) is 8.47. The third kappa shape index (κ3) is 4.24. The Kier molecular flexibility index (Phi) is 6.42. The van der Waals surface area contributed by atoms with Gasteiger partial charge in [0.1, 0.15) is 0 Å². The van der Waals surface area contributed by atoms with E-state index in [0.29, 0.717) is 25.9 Å². The van der Waals surface area contributed by atoms with Crippen LogP contribution in [0.15, 0.2) is 24.3 Å². The Bertz CT molecular complexity index is 509. The third-order valence-electron chi connectivity index (χ3n) is 4.93. The van der Waals surface area contributed by atoms with Crippen LogP contribution in [0.5, 0.6) is 0 Å². The molecule has 0 saturated carbocycles. The zero-order valence-electron chi connectivity index (χ0n) is 14.2. The van der Waals surface area contributed by atoms with Gasteiger partial charge in [0.15, 0.2) is 0 Å². The predicted molar refractivity (Wildman–Crippen MR) is 91.8 cm³/mol. The lowest BCUT2D eigenvalue weighted by molar-refractivity contribution is -0.149. The van der Waals surface area contributed by atoms with Crippen molar-refractivity contribution in [1.29, 1.82) is 0 Å². The maximum atomic E-state index is 11.6. The largest absolute Gasteiger partial charge is 0.481 e. The average Bonchev–Trinajstić information content (AvgIpc) is 2.60. The van der Waals surface area contributed by atoms with Crippen LogP contribution >= 0.6 is 0 Å². The van der Waals surface area contributed by atoms with Crippen molar-refractivity contribution in [3.05, 3.63) is 29.8 Å². The first-order valence-corrected chi connectivity index (χ1v) is 8.47. The van der Waals surface area contributed by atoms with Gasteiger partial charge in [-0.05, 0) is 24.5 Å². The van der Waals surface area contributed by atoms with E-state index in [1.807, 2.05) is 26.0 Å². The molecule has 1 saturated heterocycles. The zero-order valence-corrected chi connectivity index (χ0v) is 14.2. The highest BCUT2D eigenvalue weighted by molar-refractivity contribution is 5.74. The minimum absolute atomic E-state index is 0.493. The molecule has 1 aliphatic heterocycles. The van der Waals surface area contributed by atoms with Gasteiger partial charge in [-0.25, -0.2) is 0 Å². The van der Waals surface area contributed by atoms with E-state index in [1.165, 1.54) is 11.3 Å². The summed E-state index contributed by atoms with van der Waals surface area (Å²) in [6.07, 6.45) is 1.27. The lowest BCUT2D eigenvalue weighted by Crippen LogP contribution is -2.40. The van der Waals surface area contributed by atoms with Gasteiger partial charge in [-0.2, -0.15) is 0 Å². The first-order chi connectivity index (χ1) is 11.1. The summed E-state index contributed by atoms with van der Waals surface area (Å²) in [5.41, 5.74) is 1.76. The quantitative estimate of drug-likeness (QED) is 0.770. The minimum Gasteiger partial charge on any atom is -0.481 e. The number of hydrogen-bond donors (Lipinski definition) is 2. The van der Waals surface area contributed by atoms with E-state index in [0.717, 1.165) is 26.3 Å². The molecule has 1 heterocycles. The number of anilines is 1. The highest BCUT2D eigenvalue weighted by Crippen LogP contribution is 2.26. The summed E-state index contributed by atoms with van der Waals surface area (Å²) in [7, 11) is 0. The summed E-state index contributed by atoms with van der Waals surface area (Å²) in [5, 5.41) is 12.9. The Morgan fingerprint density at radius 3 is 2.52 bits per heavy atom. The van der Waals surface area contributed by atoms with Crippen LogP contribution in [-0.2, 0) is 16.1 Å². The highest BCUT2D eigenvalue weighted by atomic mass is 16.5. The smallest absolute Gasteiger partial charge is 0.310 e. The van der Waals surface area contributed by atoms with Crippen molar-refractivity contribution in [2.75, 3.05) is 37.7 Å². The molecule has 23 heavy (non-hydrogen) atoms. The van der Waals surface area contributed by atoms with Crippen molar-refractivity contribution >= 4 is 11.7 Å². The molecule has 0 aliphatic carbocycles. The van der Waals surface area contributed by atoms with Crippen molar-refractivity contribution in [3.8, 4) is 0 Å². The Labute approximate surface area is 138 Å². The number of carboxylic acids is 1. The molecule has 0 amide bonds. The van der Waals surface area contributed by atoms with Gasteiger partial charge in [0.2, 0.25) is 0 Å². The molecule has 0 unspecified atom stereocenters. The molecular weight excluding hydrogens is 292 g/mol. The van der Waals surface area contributed by atoms with E-state index >= 15 is 0 Å². The number of carboxylic acid groups (broad SMARTS) is 1. The first kappa shape index (κ1) is 17.8. The topological polar surface area (TPSA) is 61.8 Å². The molecule has 1 aromatic carbocycles. The van der Waals surface area contributed by atoms with Gasteiger partial charge in [0, 0.05) is 31.9 Å². The Hall–Kier alpha value is -1.59. The van der Waals surface area contributed by atoms with Crippen LogP contribution in [0, 0.1) is 5.41 Å². The number of para-hydroxylation sites is 1. The van der Waals surface area contributed by atoms with Gasteiger partial charge >= 0.3 is 5.97 Å². The van der Waals surface area contributed by atoms with Crippen molar-refractivity contribution in [1.82, 2.24) is 5.32 Å². The number of aliphatic carboxylic acids is 1. The Morgan fingerprint density at radius 1 is 1.26 bits per heavy atom. The van der Waals surface area contributed by atoms with E-state index < -0.39 is 11.4 Å². The van der Waals surface area contributed by atoms with Gasteiger partial charge in [-0.15, -0.1) is 0 Å². The van der Waals surface area contributed by atoms with Gasteiger partial charge in [0.05, 0.1) is 18.6 Å². The molecule has 2 N–H and O–H groups in total. The zero-order chi connectivity index (χ0) is 16.7. The number of carbonyl (C=O) groups is 1. The maximum absolute atomic E-state index is 11.6. The van der Waals surface area contributed by atoms with Crippen LogP contribution in [0.3, 0.4) is 0 Å². The second-order valence-corrected chi connectivity index (χ2v) is 6.12. The molecule has 5 nitrogen and oxygen atoms in total. The van der Waals surface area contributed by atoms with Crippen LogP contribution in [0.25, 0.3) is 0 Å². The molecule has 0 radical (unpaired) electrons. The van der Waals surface area contributed by atoms with E-state index in [4.69, 9.17) is 4.74 Å². The normalized spacial score (nSPS) is 15.7. The number of benzene rings is 1. The van der Waals surface area contributed by atoms with Crippen LogP contribution in [0.4, 0.5) is 5.69 Å². The average molecular weight is 320 g/mol. The molecule has 1 aliphatic rings. The van der Waals surface area contributed by atoms with Gasteiger partial charge in [0.25, 0.3) is 0 Å². The molecule has 2 rings (SSSR count). The molecule has 0 bridgehead atoms. The summed E-state index contributed by atoms with van der Waals surface area (Å²) in [6.45, 7) is 8.39. The number of rotatable bonds is 8. The van der Waals surface area contributed by atoms with Gasteiger partial charge in [-0.3, -0.25) is 4.79 Å². The molecule has 128 valence electrons. The molecule has 0 atom stereocenters. The second-order valence-electron chi connectivity index (χ2n) is 6.12. The van der Waals surface area contributed by atoms with Gasteiger partial charge < -0.3 is 20.1 Å². The SMILES string of the molecule is CCC(CC)(CNCc1ccccc1N1CCOCC1)C(=O)O. The Balaban J connectivity index is 2.02. The van der Waals surface area contributed by atoms with Crippen LogP contribution < -0.4 is 10.2 Å². The van der Waals surface area contributed by atoms with Crippen molar-refractivity contribution in [2.24, 2.45) is 5.41 Å². The molecule has 5 heteroatoms. The molecule has 1 fully saturated rings. The number of nitrogens with one attached hydrogen (secondary N) is 1. The number of morpholine rings is 1. The number of hydrogen-bond acceptors (Lipinski definition) is 4. The van der Waals surface area contributed by atoms with Crippen molar-refractivity contribution < 1.29 is 14.6 Å². The minimum atomic E-state index is -0.712. The van der Waals surface area contributed by atoms with E-state index in [9.17, 15) is 9.90 Å². The number of ether oxygens (including phenoxy) is 1. The van der Waals surface area contributed by atoms with E-state index in [1.54, 1.807) is 0 Å². The number of nitrogens with zero attached hydrogens (tertiary/aromatic N) is 1. The summed E-state index contributed by atoms with van der Waals surface area (Å²) < 4.78 is 5.42. The fourth-order valence-corrected chi connectivity index (χ4v) is 3.09. The molecule has 0 aromatic heterocycles. The monoisotopic (exact) mass is 320 g/mol. The van der Waals surface area contributed by atoms with Crippen molar-refractivity contribution in [3.63, 3.8) is 0 Å². The van der Waals surface area contributed by atoms with E-state index in [-0.39, 0.29) is 0 Å². The molecular formula is C18H28N2O3. The van der Waals surface area contributed by atoms with Crippen molar-refractivity contribution in [2.45, 2.75) is 33.2 Å². The van der Waals surface area contributed by atoms with Crippen LogP contribution in [0.1, 0.15) is 32.3 Å². The summed E-state index contributed by atoms with van der Waals surface area (Å²) in [6, 6.07) is 8.32. The molecule has 1 aromatic rings. The highest BCUT2D eigenvalue weighted by Gasteiger charge is 2.34. The fourth-order valence-electron chi connectivity index (χ4n) is 3.09.